The smallest absolute Gasteiger partial charge is 0.138 e. The lowest BCUT2D eigenvalue weighted by Gasteiger charge is -2.21. The maximum atomic E-state index is 13.8. The summed E-state index contributed by atoms with van der Waals surface area (Å²) in [5.41, 5.74) is 5.67. The number of hydrogen-bond donors (Lipinski definition) is 2. The molecule has 0 aliphatic carbocycles. The summed E-state index contributed by atoms with van der Waals surface area (Å²) in [5.74, 6) is 5.26. The number of benzene rings is 1. The number of hydrazine groups is 1. The van der Waals surface area contributed by atoms with Gasteiger partial charge in [-0.15, -0.1) is 0 Å². The lowest BCUT2D eigenvalue weighted by molar-refractivity contribution is 0.571. The molecule has 5 heteroatoms. The van der Waals surface area contributed by atoms with Crippen LogP contribution in [0.15, 0.2) is 16.6 Å². The second-order valence-corrected chi connectivity index (χ2v) is 6.46. The predicted molar refractivity (Wildman–Crippen MR) is 80.6 cm³/mol. The molecule has 0 radical (unpaired) electrons. The molecule has 102 valence electrons. The molecule has 3 nitrogen and oxygen atoms in total. The summed E-state index contributed by atoms with van der Waals surface area (Å²) in [6.45, 7) is 8.08. The Morgan fingerprint density at radius 1 is 1.32 bits per heavy atom. The van der Waals surface area contributed by atoms with Gasteiger partial charge in [-0.05, 0) is 40.5 Å². The quantitative estimate of drug-likeness (QED) is 0.614. The highest BCUT2D eigenvalue weighted by atomic mass is 79.9. The molecule has 0 amide bonds. The zero-order valence-corrected chi connectivity index (χ0v) is 13.0. The molecule has 0 fully saturated rings. The van der Waals surface area contributed by atoms with Crippen LogP contribution in [0.5, 0.6) is 0 Å². The van der Waals surface area contributed by atoms with E-state index < -0.39 is 0 Å². The molecule has 1 aromatic heterocycles. The number of rotatable bonds is 1. The van der Waals surface area contributed by atoms with Crippen LogP contribution >= 0.6 is 15.9 Å². The molecular formula is C14H17BrFN3. The minimum Gasteiger partial charge on any atom is -0.323 e. The summed E-state index contributed by atoms with van der Waals surface area (Å²) in [5, 5.41) is 0.674. The van der Waals surface area contributed by atoms with Crippen molar-refractivity contribution in [2.45, 2.75) is 33.1 Å². The molecule has 0 spiro atoms. The Bertz CT molecular complexity index is 647. The number of nitrogen functional groups attached to an aromatic ring is 1. The maximum absolute atomic E-state index is 13.8. The summed E-state index contributed by atoms with van der Waals surface area (Å²) in [6, 6.07) is 3.35. The van der Waals surface area contributed by atoms with Gasteiger partial charge >= 0.3 is 0 Å². The van der Waals surface area contributed by atoms with Gasteiger partial charge in [-0.3, -0.25) is 10.8 Å². The van der Waals surface area contributed by atoms with Gasteiger partial charge in [-0.2, -0.15) is 0 Å². The zero-order valence-electron chi connectivity index (χ0n) is 11.4. The van der Waals surface area contributed by atoms with E-state index in [1.165, 1.54) is 6.07 Å². The molecule has 0 bridgehead atoms. The fourth-order valence-electron chi connectivity index (χ4n) is 1.99. The summed E-state index contributed by atoms with van der Waals surface area (Å²) >= 11 is 3.27. The Hall–Kier alpha value is -1.20. The van der Waals surface area contributed by atoms with Gasteiger partial charge in [0.25, 0.3) is 0 Å². The van der Waals surface area contributed by atoms with Gasteiger partial charge in [-0.1, -0.05) is 20.8 Å². The van der Waals surface area contributed by atoms with Gasteiger partial charge in [0, 0.05) is 16.5 Å². The van der Waals surface area contributed by atoms with Gasteiger partial charge in [0.2, 0.25) is 0 Å². The van der Waals surface area contributed by atoms with E-state index in [1.807, 2.05) is 13.0 Å². The number of aryl methyl sites for hydroxylation is 1. The van der Waals surface area contributed by atoms with Crippen LogP contribution in [0.3, 0.4) is 0 Å². The molecule has 0 aliphatic rings. The largest absolute Gasteiger partial charge is 0.323 e. The third kappa shape index (κ3) is 2.44. The molecule has 2 rings (SSSR count). The molecule has 0 atom stereocenters. The van der Waals surface area contributed by atoms with Crippen molar-refractivity contribution in [2.75, 3.05) is 5.43 Å². The van der Waals surface area contributed by atoms with E-state index in [0.29, 0.717) is 15.5 Å². The van der Waals surface area contributed by atoms with Gasteiger partial charge < -0.3 is 5.43 Å². The average molecular weight is 326 g/mol. The molecule has 0 saturated heterocycles. The fraction of sp³-hybridized carbons (Fsp3) is 0.357. The molecule has 19 heavy (non-hydrogen) atoms. The highest BCUT2D eigenvalue weighted by Gasteiger charge is 2.20. The zero-order chi connectivity index (χ0) is 14.4. The third-order valence-electron chi connectivity index (χ3n) is 3.09. The first-order chi connectivity index (χ1) is 8.75. The van der Waals surface area contributed by atoms with Crippen LogP contribution in [0.4, 0.5) is 10.1 Å². The molecule has 2 aromatic rings. The number of halogens is 2. The first-order valence-corrected chi connectivity index (χ1v) is 6.81. The van der Waals surface area contributed by atoms with Crippen molar-refractivity contribution in [3.8, 4) is 0 Å². The number of pyridine rings is 1. The van der Waals surface area contributed by atoms with Crippen LogP contribution in [0, 0.1) is 12.7 Å². The lowest BCUT2D eigenvalue weighted by Crippen LogP contribution is -2.16. The van der Waals surface area contributed by atoms with Crippen molar-refractivity contribution in [2.24, 2.45) is 5.84 Å². The van der Waals surface area contributed by atoms with E-state index in [1.54, 1.807) is 0 Å². The molecular weight excluding hydrogens is 309 g/mol. The molecule has 0 saturated carbocycles. The first-order valence-electron chi connectivity index (χ1n) is 6.02. The minimum absolute atomic E-state index is 0.104. The summed E-state index contributed by atoms with van der Waals surface area (Å²) in [7, 11) is 0. The van der Waals surface area contributed by atoms with Crippen molar-refractivity contribution >= 4 is 32.5 Å². The van der Waals surface area contributed by atoms with E-state index in [-0.39, 0.29) is 11.2 Å². The highest BCUT2D eigenvalue weighted by molar-refractivity contribution is 9.10. The minimum atomic E-state index is -0.313. The normalized spacial score (nSPS) is 11.9. The SMILES string of the molecule is Cc1cc(F)c(Br)c2c(NN)cc(C(C)(C)C)nc12. The number of fused-ring (bicyclic) bond motifs is 1. The van der Waals surface area contributed by atoms with Crippen molar-refractivity contribution in [1.29, 1.82) is 0 Å². The fourth-order valence-corrected chi connectivity index (χ4v) is 2.51. The Kier molecular flexibility index (Phi) is 3.53. The molecule has 1 heterocycles. The van der Waals surface area contributed by atoms with Crippen molar-refractivity contribution < 1.29 is 4.39 Å². The van der Waals surface area contributed by atoms with Crippen LogP contribution in [-0.2, 0) is 5.41 Å². The van der Waals surface area contributed by atoms with Crippen LogP contribution in [0.2, 0.25) is 0 Å². The number of anilines is 1. The van der Waals surface area contributed by atoms with Gasteiger partial charge in [-0.25, -0.2) is 4.39 Å². The third-order valence-corrected chi connectivity index (χ3v) is 3.86. The summed E-state index contributed by atoms with van der Waals surface area (Å²) in [4.78, 5) is 4.66. The monoisotopic (exact) mass is 325 g/mol. The predicted octanol–water partition coefficient (Wildman–Crippen LogP) is 4.03. The van der Waals surface area contributed by atoms with Crippen molar-refractivity contribution in [3.63, 3.8) is 0 Å². The van der Waals surface area contributed by atoms with Crippen molar-refractivity contribution in [3.05, 3.63) is 33.7 Å². The Labute approximate surface area is 120 Å². The number of nitrogens with one attached hydrogen (secondary N) is 1. The second kappa shape index (κ2) is 4.72. The number of hydrogen-bond acceptors (Lipinski definition) is 3. The van der Waals surface area contributed by atoms with E-state index in [2.05, 4.69) is 47.1 Å². The van der Waals surface area contributed by atoms with Gasteiger partial charge in [0.1, 0.15) is 5.82 Å². The number of aromatic nitrogens is 1. The van der Waals surface area contributed by atoms with E-state index >= 15 is 0 Å². The Morgan fingerprint density at radius 2 is 1.95 bits per heavy atom. The van der Waals surface area contributed by atoms with Crippen LogP contribution in [-0.4, -0.2) is 4.98 Å². The standard InChI is InChI=1S/C14H17BrFN3/c1-7-5-8(16)12(15)11-9(19-17)6-10(14(2,3)4)18-13(7)11/h5-6H,17H2,1-4H3,(H,18,19). The van der Waals surface area contributed by atoms with Crippen LogP contribution in [0.1, 0.15) is 32.0 Å². The van der Waals surface area contributed by atoms with Crippen LogP contribution < -0.4 is 11.3 Å². The van der Waals surface area contributed by atoms with E-state index in [0.717, 1.165) is 16.8 Å². The number of nitrogens with two attached hydrogens (primary N) is 1. The number of nitrogens with zero attached hydrogens (tertiary/aromatic N) is 1. The van der Waals surface area contributed by atoms with E-state index in [9.17, 15) is 4.39 Å². The molecule has 0 aliphatic heterocycles. The highest BCUT2D eigenvalue weighted by Crippen LogP contribution is 2.36. The average Bonchev–Trinajstić information content (AvgIpc) is 2.33. The summed E-state index contributed by atoms with van der Waals surface area (Å²) < 4.78 is 14.2. The van der Waals surface area contributed by atoms with Gasteiger partial charge in [0.05, 0.1) is 15.7 Å². The second-order valence-electron chi connectivity index (χ2n) is 5.66. The lowest BCUT2D eigenvalue weighted by atomic mass is 9.90. The molecule has 0 unspecified atom stereocenters. The molecule has 3 N–H and O–H groups in total. The Balaban J connectivity index is 2.93. The van der Waals surface area contributed by atoms with E-state index in [4.69, 9.17) is 5.84 Å². The van der Waals surface area contributed by atoms with Crippen molar-refractivity contribution in [1.82, 2.24) is 4.98 Å². The van der Waals surface area contributed by atoms with Crippen LogP contribution in [0.25, 0.3) is 10.9 Å². The summed E-state index contributed by atoms with van der Waals surface area (Å²) in [6.07, 6.45) is 0. The Morgan fingerprint density at radius 3 is 2.47 bits per heavy atom. The first kappa shape index (κ1) is 14.2. The maximum Gasteiger partial charge on any atom is 0.138 e. The topological polar surface area (TPSA) is 50.9 Å². The van der Waals surface area contributed by atoms with Gasteiger partial charge in [0.15, 0.2) is 0 Å². The molecule has 1 aromatic carbocycles.